The molecular weight excluding hydrogens is 266 g/mol. The first kappa shape index (κ1) is 17.0. The Morgan fingerprint density at radius 3 is 2.55 bits per heavy atom. The molecule has 0 aliphatic heterocycles. The van der Waals surface area contributed by atoms with Crippen molar-refractivity contribution in [3.05, 3.63) is 35.4 Å². The van der Waals surface area contributed by atoms with E-state index in [2.05, 4.69) is 5.32 Å². The average molecular weight is 288 g/mol. The molecule has 0 amide bonds. The number of likely N-dealkylation sites (N-methyl/N-ethyl adjacent to an activating group) is 1. The summed E-state index contributed by atoms with van der Waals surface area (Å²) in [6, 6.07) is 3.44. The molecule has 0 aliphatic carbocycles. The molecular formula is C14H22F2N2O2. The lowest BCUT2D eigenvalue weighted by atomic mass is 10.1. The third-order valence-corrected chi connectivity index (χ3v) is 2.86. The zero-order valence-electron chi connectivity index (χ0n) is 12.1. The van der Waals surface area contributed by atoms with Crippen molar-refractivity contribution in [2.75, 3.05) is 40.9 Å². The molecule has 1 rings (SSSR count). The van der Waals surface area contributed by atoms with Gasteiger partial charge in [0.2, 0.25) is 0 Å². The summed E-state index contributed by atoms with van der Waals surface area (Å²) in [7, 11) is 5.27. The Bertz CT molecular complexity index is 416. The van der Waals surface area contributed by atoms with Crippen LogP contribution in [0.5, 0.6) is 0 Å². The van der Waals surface area contributed by atoms with E-state index in [9.17, 15) is 13.9 Å². The molecule has 2 unspecified atom stereocenters. The number of halogens is 2. The van der Waals surface area contributed by atoms with Gasteiger partial charge in [-0.2, -0.15) is 0 Å². The monoisotopic (exact) mass is 288 g/mol. The maximum atomic E-state index is 13.3. The van der Waals surface area contributed by atoms with Crippen molar-refractivity contribution < 1.29 is 18.6 Å². The Labute approximate surface area is 118 Å². The van der Waals surface area contributed by atoms with Crippen molar-refractivity contribution in [2.24, 2.45) is 0 Å². The third-order valence-electron chi connectivity index (χ3n) is 2.86. The first-order valence-corrected chi connectivity index (χ1v) is 6.44. The van der Waals surface area contributed by atoms with Crippen LogP contribution in [0.15, 0.2) is 18.2 Å². The highest BCUT2D eigenvalue weighted by Gasteiger charge is 2.15. The number of aliphatic hydroxyl groups excluding tert-OH is 1. The molecule has 2 N–H and O–H groups in total. The number of ether oxygens (including phenoxy) is 1. The van der Waals surface area contributed by atoms with Gasteiger partial charge in [-0.15, -0.1) is 0 Å². The molecule has 2 atom stereocenters. The second-order valence-corrected chi connectivity index (χ2v) is 5.01. The molecule has 0 heterocycles. The molecule has 6 heteroatoms. The number of hydrogen-bond acceptors (Lipinski definition) is 4. The fraction of sp³-hybridized carbons (Fsp3) is 0.571. The molecule has 0 spiro atoms. The maximum Gasteiger partial charge on any atom is 0.159 e. The van der Waals surface area contributed by atoms with Gasteiger partial charge >= 0.3 is 0 Å². The Morgan fingerprint density at radius 2 is 2.00 bits per heavy atom. The van der Waals surface area contributed by atoms with E-state index in [1.165, 1.54) is 13.2 Å². The summed E-state index contributed by atoms with van der Waals surface area (Å²) in [5.41, 5.74) is 0.586. The van der Waals surface area contributed by atoms with E-state index in [-0.39, 0.29) is 6.04 Å². The van der Waals surface area contributed by atoms with E-state index < -0.39 is 17.7 Å². The lowest BCUT2D eigenvalue weighted by Gasteiger charge is -2.22. The summed E-state index contributed by atoms with van der Waals surface area (Å²) in [4.78, 5) is 1.87. The zero-order valence-corrected chi connectivity index (χ0v) is 12.1. The Balaban J connectivity index is 2.66. The average Bonchev–Trinajstić information content (AvgIpc) is 2.37. The van der Waals surface area contributed by atoms with Crippen LogP contribution in [0, 0.1) is 11.6 Å². The summed E-state index contributed by atoms with van der Waals surface area (Å²) < 4.78 is 31.3. The quantitative estimate of drug-likeness (QED) is 0.753. The first-order valence-electron chi connectivity index (χ1n) is 6.44. The summed E-state index contributed by atoms with van der Waals surface area (Å²) in [6.45, 7) is 1.16. The smallest absolute Gasteiger partial charge is 0.159 e. The van der Waals surface area contributed by atoms with Crippen molar-refractivity contribution >= 4 is 0 Å². The van der Waals surface area contributed by atoms with E-state index in [1.54, 1.807) is 0 Å². The number of nitrogens with one attached hydrogen (secondary N) is 1. The number of methoxy groups -OCH3 is 1. The van der Waals surface area contributed by atoms with Crippen LogP contribution < -0.4 is 5.32 Å². The maximum absolute atomic E-state index is 13.3. The van der Waals surface area contributed by atoms with Crippen LogP contribution >= 0.6 is 0 Å². The fourth-order valence-corrected chi connectivity index (χ4v) is 1.93. The lowest BCUT2D eigenvalue weighted by Crippen LogP contribution is -2.37. The van der Waals surface area contributed by atoms with Crippen molar-refractivity contribution in [3.8, 4) is 0 Å². The normalized spacial score (nSPS) is 14.6. The lowest BCUT2D eigenvalue weighted by molar-refractivity contribution is 0.117. The second-order valence-electron chi connectivity index (χ2n) is 5.01. The Kier molecular flexibility index (Phi) is 7.01. The van der Waals surface area contributed by atoms with Crippen LogP contribution in [0.2, 0.25) is 0 Å². The molecule has 4 nitrogen and oxygen atoms in total. The number of aliphatic hydroxyl groups is 1. The van der Waals surface area contributed by atoms with E-state index >= 15 is 0 Å². The summed E-state index contributed by atoms with van der Waals surface area (Å²) in [5.74, 6) is -1.77. The van der Waals surface area contributed by atoms with Crippen LogP contribution in [0.4, 0.5) is 8.78 Å². The van der Waals surface area contributed by atoms with Gasteiger partial charge in [-0.3, -0.25) is 0 Å². The highest BCUT2D eigenvalue weighted by Crippen LogP contribution is 2.16. The van der Waals surface area contributed by atoms with Crippen molar-refractivity contribution in [3.63, 3.8) is 0 Å². The molecule has 0 aromatic heterocycles. The summed E-state index contributed by atoms with van der Waals surface area (Å²) in [5, 5.41) is 12.9. The van der Waals surface area contributed by atoms with Crippen molar-refractivity contribution in [1.82, 2.24) is 10.2 Å². The summed E-state index contributed by atoms with van der Waals surface area (Å²) in [6.07, 6.45) is -0.547. The van der Waals surface area contributed by atoms with E-state index in [0.29, 0.717) is 25.3 Å². The van der Waals surface area contributed by atoms with Gasteiger partial charge in [0.1, 0.15) is 0 Å². The first-order chi connectivity index (χ1) is 9.43. The van der Waals surface area contributed by atoms with Gasteiger partial charge in [-0.1, -0.05) is 6.07 Å². The van der Waals surface area contributed by atoms with Crippen LogP contribution in [0.3, 0.4) is 0 Å². The van der Waals surface area contributed by atoms with E-state index in [4.69, 9.17) is 4.74 Å². The van der Waals surface area contributed by atoms with Crippen LogP contribution in [0.25, 0.3) is 0 Å². The molecule has 1 aromatic carbocycles. The molecule has 0 bridgehead atoms. The van der Waals surface area contributed by atoms with Crippen molar-refractivity contribution in [2.45, 2.75) is 12.1 Å². The summed E-state index contributed by atoms with van der Waals surface area (Å²) >= 11 is 0. The number of nitrogens with zero attached hydrogens (tertiary/aromatic N) is 1. The Hall–Kier alpha value is -1.08. The van der Waals surface area contributed by atoms with E-state index in [1.807, 2.05) is 19.0 Å². The minimum absolute atomic E-state index is 0.299. The predicted molar refractivity (Wildman–Crippen MR) is 73.5 cm³/mol. The number of rotatable bonds is 8. The van der Waals surface area contributed by atoms with Gasteiger partial charge in [-0.05, 0) is 31.8 Å². The van der Waals surface area contributed by atoms with Gasteiger partial charge in [0.25, 0.3) is 0 Å². The van der Waals surface area contributed by atoms with Gasteiger partial charge in [0, 0.05) is 20.2 Å². The van der Waals surface area contributed by atoms with Crippen LogP contribution in [0.1, 0.15) is 11.6 Å². The zero-order chi connectivity index (χ0) is 15.1. The highest BCUT2D eigenvalue weighted by molar-refractivity contribution is 5.21. The predicted octanol–water partition coefficient (Wildman–Crippen LogP) is 1.16. The molecule has 0 radical (unpaired) electrons. The standard InChI is InChI=1S/C14H22F2N2O2/c1-18(2)8-11(19)7-17-14(9-20-3)10-4-5-12(15)13(16)6-10/h4-6,11,14,17,19H,7-9H2,1-3H3. The van der Waals surface area contributed by atoms with E-state index in [0.717, 1.165) is 12.1 Å². The Morgan fingerprint density at radius 1 is 1.30 bits per heavy atom. The minimum Gasteiger partial charge on any atom is -0.390 e. The molecule has 0 saturated carbocycles. The third kappa shape index (κ3) is 5.50. The second kappa shape index (κ2) is 8.26. The van der Waals surface area contributed by atoms with Crippen LogP contribution in [-0.4, -0.2) is 57.0 Å². The van der Waals surface area contributed by atoms with Gasteiger partial charge in [0.05, 0.1) is 18.8 Å². The molecule has 114 valence electrons. The molecule has 0 aliphatic rings. The SMILES string of the molecule is COCC(NCC(O)CN(C)C)c1ccc(F)c(F)c1. The fourth-order valence-electron chi connectivity index (χ4n) is 1.93. The molecule has 0 fully saturated rings. The van der Waals surface area contributed by atoms with Gasteiger partial charge in [0.15, 0.2) is 11.6 Å². The van der Waals surface area contributed by atoms with Crippen molar-refractivity contribution in [1.29, 1.82) is 0 Å². The minimum atomic E-state index is -0.890. The van der Waals surface area contributed by atoms with Gasteiger partial charge < -0.3 is 20.1 Å². The molecule has 1 aromatic rings. The topological polar surface area (TPSA) is 44.7 Å². The van der Waals surface area contributed by atoms with Gasteiger partial charge in [-0.25, -0.2) is 8.78 Å². The largest absolute Gasteiger partial charge is 0.390 e. The van der Waals surface area contributed by atoms with Crippen LogP contribution in [-0.2, 0) is 4.74 Å². The molecule has 0 saturated heterocycles. The number of benzene rings is 1. The number of hydrogen-bond donors (Lipinski definition) is 2. The molecule has 20 heavy (non-hydrogen) atoms. The highest BCUT2D eigenvalue weighted by atomic mass is 19.2.